The molecule has 0 aliphatic carbocycles. The summed E-state index contributed by atoms with van der Waals surface area (Å²) in [4.78, 5) is 10.8. The fourth-order valence-corrected chi connectivity index (χ4v) is 2.07. The molecule has 3 N–H and O–H groups in total. The van der Waals surface area contributed by atoms with Gasteiger partial charge in [-0.2, -0.15) is 0 Å². The summed E-state index contributed by atoms with van der Waals surface area (Å²) in [5, 5.41) is 15.6. The maximum Gasteiger partial charge on any atom is 0.307 e. The zero-order valence-corrected chi connectivity index (χ0v) is 9.07. The highest BCUT2D eigenvalue weighted by atomic mass is 16.4. The Morgan fingerprint density at radius 1 is 1.38 bits per heavy atom. The zero-order chi connectivity index (χ0) is 11.4. The number of benzene rings is 1. The minimum Gasteiger partial charge on any atom is -0.481 e. The molecule has 0 radical (unpaired) electrons. The van der Waals surface area contributed by atoms with Crippen LogP contribution in [0.3, 0.4) is 0 Å². The molecular formula is C12H16N2O2. The largest absolute Gasteiger partial charge is 0.481 e. The zero-order valence-electron chi connectivity index (χ0n) is 9.07. The maximum absolute atomic E-state index is 10.8. The standard InChI is InChI=1S/C12H16N2O2/c15-12(16)7-9-3-1-2-4-10(9)11-8-13-5-6-14-11/h1-4,11,13-14H,5-8H2,(H,15,16). The lowest BCUT2D eigenvalue weighted by Gasteiger charge is -2.26. The molecule has 1 aromatic rings. The van der Waals surface area contributed by atoms with E-state index in [4.69, 9.17) is 5.11 Å². The second kappa shape index (κ2) is 5.09. The minimum atomic E-state index is -0.781. The molecule has 0 bridgehead atoms. The van der Waals surface area contributed by atoms with Gasteiger partial charge in [0.25, 0.3) is 0 Å². The van der Waals surface area contributed by atoms with Crippen LogP contribution in [0.4, 0.5) is 0 Å². The van der Waals surface area contributed by atoms with Gasteiger partial charge in [0.1, 0.15) is 0 Å². The van der Waals surface area contributed by atoms with Gasteiger partial charge in [-0.3, -0.25) is 4.79 Å². The quantitative estimate of drug-likeness (QED) is 0.696. The van der Waals surface area contributed by atoms with Crippen LogP contribution >= 0.6 is 0 Å². The third kappa shape index (κ3) is 2.59. The van der Waals surface area contributed by atoms with Crippen molar-refractivity contribution in [3.05, 3.63) is 35.4 Å². The first-order valence-electron chi connectivity index (χ1n) is 5.51. The van der Waals surface area contributed by atoms with Crippen molar-refractivity contribution in [1.82, 2.24) is 10.6 Å². The van der Waals surface area contributed by atoms with Crippen molar-refractivity contribution in [3.8, 4) is 0 Å². The molecule has 1 heterocycles. The Balaban J connectivity index is 2.20. The van der Waals surface area contributed by atoms with Crippen molar-refractivity contribution in [2.24, 2.45) is 0 Å². The monoisotopic (exact) mass is 220 g/mol. The lowest BCUT2D eigenvalue weighted by Crippen LogP contribution is -2.43. The van der Waals surface area contributed by atoms with Crippen LogP contribution in [0.15, 0.2) is 24.3 Å². The van der Waals surface area contributed by atoms with Crippen LogP contribution in [0.5, 0.6) is 0 Å². The van der Waals surface area contributed by atoms with E-state index in [2.05, 4.69) is 10.6 Å². The van der Waals surface area contributed by atoms with E-state index in [1.165, 1.54) is 0 Å². The topological polar surface area (TPSA) is 61.4 Å². The fraction of sp³-hybridized carbons (Fsp3) is 0.417. The predicted octanol–water partition coefficient (Wildman–Crippen LogP) is 0.548. The number of nitrogens with one attached hydrogen (secondary N) is 2. The number of piperazine rings is 1. The van der Waals surface area contributed by atoms with Gasteiger partial charge in [-0.15, -0.1) is 0 Å². The molecule has 1 saturated heterocycles. The first kappa shape index (κ1) is 11.1. The number of carboxylic acid groups (broad SMARTS) is 1. The minimum absolute atomic E-state index is 0.0916. The summed E-state index contributed by atoms with van der Waals surface area (Å²) in [6.07, 6.45) is 0.0916. The van der Waals surface area contributed by atoms with Crippen molar-refractivity contribution in [1.29, 1.82) is 0 Å². The highest BCUT2D eigenvalue weighted by Crippen LogP contribution is 2.19. The first-order chi connectivity index (χ1) is 7.77. The Morgan fingerprint density at radius 3 is 2.88 bits per heavy atom. The summed E-state index contributed by atoms with van der Waals surface area (Å²) >= 11 is 0. The van der Waals surface area contributed by atoms with Crippen LogP contribution in [-0.2, 0) is 11.2 Å². The molecule has 0 spiro atoms. The molecule has 1 atom stereocenters. The van der Waals surface area contributed by atoms with Crippen LogP contribution in [0.25, 0.3) is 0 Å². The van der Waals surface area contributed by atoms with Crippen LogP contribution < -0.4 is 10.6 Å². The summed E-state index contributed by atoms with van der Waals surface area (Å²) < 4.78 is 0. The molecule has 0 amide bonds. The van der Waals surface area contributed by atoms with E-state index in [1.807, 2.05) is 24.3 Å². The second-order valence-corrected chi connectivity index (χ2v) is 3.98. The lowest BCUT2D eigenvalue weighted by molar-refractivity contribution is -0.136. The molecule has 1 fully saturated rings. The highest BCUT2D eigenvalue weighted by molar-refractivity contribution is 5.70. The molecule has 2 rings (SSSR count). The van der Waals surface area contributed by atoms with Crippen molar-refractivity contribution in [2.45, 2.75) is 12.5 Å². The summed E-state index contributed by atoms with van der Waals surface area (Å²) in [7, 11) is 0. The first-order valence-corrected chi connectivity index (χ1v) is 5.51. The smallest absolute Gasteiger partial charge is 0.307 e. The predicted molar refractivity (Wildman–Crippen MR) is 61.4 cm³/mol. The molecule has 4 nitrogen and oxygen atoms in total. The van der Waals surface area contributed by atoms with Gasteiger partial charge < -0.3 is 15.7 Å². The Morgan fingerprint density at radius 2 is 2.19 bits per heavy atom. The third-order valence-corrected chi connectivity index (χ3v) is 2.81. The lowest BCUT2D eigenvalue weighted by atomic mass is 9.97. The van der Waals surface area contributed by atoms with E-state index in [0.717, 1.165) is 30.8 Å². The molecular weight excluding hydrogens is 204 g/mol. The van der Waals surface area contributed by atoms with E-state index in [0.29, 0.717) is 0 Å². The molecule has 0 saturated carbocycles. The van der Waals surface area contributed by atoms with E-state index < -0.39 is 5.97 Å². The van der Waals surface area contributed by atoms with Crippen LogP contribution in [0.2, 0.25) is 0 Å². The number of hydrogen-bond donors (Lipinski definition) is 3. The molecule has 1 aliphatic rings. The average molecular weight is 220 g/mol. The molecule has 0 aromatic heterocycles. The van der Waals surface area contributed by atoms with E-state index in [9.17, 15) is 4.79 Å². The normalized spacial score (nSPS) is 20.6. The van der Waals surface area contributed by atoms with E-state index >= 15 is 0 Å². The molecule has 16 heavy (non-hydrogen) atoms. The molecule has 1 aliphatic heterocycles. The van der Waals surface area contributed by atoms with Gasteiger partial charge in [0.2, 0.25) is 0 Å². The average Bonchev–Trinajstić information content (AvgIpc) is 2.30. The van der Waals surface area contributed by atoms with Crippen molar-refractivity contribution < 1.29 is 9.90 Å². The number of rotatable bonds is 3. The number of aliphatic carboxylic acids is 1. The van der Waals surface area contributed by atoms with Gasteiger partial charge in [-0.1, -0.05) is 24.3 Å². The van der Waals surface area contributed by atoms with Gasteiger partial charge in [0.05, 0.1) is 6.42 Å². The van der Waals surface area contributed by atoms with Crippen LogP contribution in [0, 0.1) is 0 Å². The summed E-state index contributed by atoms with van der Waals surface area (Å²) in [6, 6.07) is 7.96. The fourth-order valence-electron chi connectivity index (χ4n) is 2.07. The molecule has 86 valence electrons. The Kier molecular flexibility index (Phi) is 3.54. The Labute approximate surface area is 94.7 Å². The maximum atomic E-state index is 10.8. The molecule has 1 unspecified atom stereocenters. The van der Waals surface area contributed by atoms with Crippen molar-refractivity contribution in [2.75, 3.05) is 19.6 Å². The van der Waals surface area contributed by atoms with Gasteiger partial charge in [-0.25, -0.2) is 0 Å². The summed E-state index contributed by atoms with van der Waals surface area (Å²) in [6.45, 7) is 2.75. The number of carboxylic acids is 1. The summed E-state index contributed by atoms with van der Waals surface area (Å²) in [5.74, 6) is -0.781. The van der Waals surface area contributed by atoms with Crippen molar-refractivity contribution in [3.63, 3.8) is 0 Å². The van der Waals surface area contributed by atoms with Crippen molar-refractivity contribution >= 4 is 5.97 Å². The van der Waals surface area contributed by atoms with E-state index in [-0.39, 0.29) is 12.5 Å². The Hall–Kier alpha value is -1.39. The second-order valence-electron chi connectivity index (χ2n) is 3.98. The molecule has 4 heteroatoms. The highest BCUT2D eigenvalue weighted by Gasteiger charge is 2.17. The van der Waals surface area contributed by atoms with Gasteiger partial charge >= 0.3 is 5.97 Å². The SMILES string of the molecule is O=C(O)Cc1ccccc1C1CNCCN1. The molecule has 1 aromatic carbocycles. The van der Waals surface area contributed by atoms with Crippen LogP contribution in [0.1, 0.15) is 17.2 Å². The third-order valence-electron chi connectivity index (χ3n) is 2.81. The number of carbonyl (C=O) groups is 1. The Bertz CT molecular complexity index is 373. The number of hydrogen-bond acceptors (Lipinski definition) is 3. The summed E-state index contributed by atoms with van der Waals surface area (Å²) in [5.41, 5.74) is 1.99. The van der Waals surface area contributed by atoms with Crippen LogP contribution in [-0.4, -0.2) is 30.7 Å². The van der Waals surface area contributed by atoms with Gasteiger partial charge in [-0.05, 0) is 11.1 Å². The van der Waals surface area contributed by atoms with E-state index in [1.54, 1.807) is 0 Å². The van der Waals surface area contributed by atoms with Gasteiger partial charge in [0, 0.05) is 25.7 Å². The van der Waals surface area contributed by atoms with Gasteiger partial charge in [0.15, 0.2) is 0 Å².